The van der Waals surface area contributed by atoms with Gasteiger partial charge in [-0.1, -0.05) is 12.1 Å². The van der Waals surface area contributed by atoms with Gasteiger partial charge in [-0.3, -0.25) is 19.8 Å². The van der Waals surface area contributed by atoms with E-state index in [-0.39, 0.29) is 30.5 Å². The van der Waals surface area contributed by atoms with Gasteiger partial charge in [0.15, 0.2) is 0 Å². The first-order valence-electron chi connectivity index (χ1n) is 11.6. The van der Waals surface area contributed by atoms with E-state index in [0.717, 1.165) is 11.1 Å². The van der Waals surface area contributed by atoms with Crippen LogP contribution < -0.4 is 10.6 Å². The Morgan fingerprint density at radius 1 is 1.14 bits per heavy atom. The molecule has 1 aromatic heterocycles. The van der Waals surface area contributed by atoms with Gasteiger partial charge in [-0.05, 0) is 71.8 Å². The highest BCUT2D eigenvalue weighted by Gasteiger charge is 2.31. The Morgan fingerprint density at radius 3 is 2.50 bits per heavy atom. The number of nitrogen functional groups attached to an aromatic ring is 1. The first kappa shape index (κ1) is 25.1. The van der Waals surface area contributed by atoms with E-state index in [0.29, 0.717) is 36.3 Å². The second-order valence-corrected chi connectivity index (χ2v) is 9.93. The number of hydrogen-bond acceptors (Lipinski definition) is 5. The highest BCUT2D eigenvalue weighted by molar-refractivity contribution is 7.09. The van der Waals surface area contributed by atoms with Gasteiger partial charge in [0.25, 0.3) is 5.91 Å². The van der Waals surface area contributed by atoms with E-state index in [1.165, 1.54) is 9.78 Å². The number of fused-ring (bicyclic) bond motifs is 1. The van der Waals surface area contributed by atoms with Gasteiger partial charge in [-0.25, -0.2) is 0 Å². The Hall–Kier alpha value is -3.98. The van der Waals surface area contributed by atoms with E-state index >= 15 is 0 Å². The molecule has 186 valence electrons. The minimum Gasteiger partial charge on any atom is -0.481 e. The molecule has 0 radical (unpaired) electrons. The van der Waals surface area contributed by atoms with Gasteiger partial charge in [-0.15, -0.1) is 11.3 Å². The molecule has 2 heterocycles. The number of benzene rings is 2. The number of amides is 2. The van der Waals surface area contributed by atoms with Crippen molar-refractivity contribution >= 4 is 40.6 Å². The van der Waals surface area contributed by atoms with Crippen molar-refractivity contribution in [1.82, 2.24) is 4.90 Å². The van der Waals surface area contributed by atoms with Crippen molar-refractivity contribution in [3.8, 4) is 0 Å². The molecule has 0 saturated heterocycles. The fourth-order valence-electron chi connectivity index (χ4n) is 4.43. The number of rotatable bonds is 8. The normalized spacial score (nSPS) is 15.2. The van der Waals surface area contributed by atoms with Crippen molar-refractivity contribution in [2.45, 2.75) is 25.8 Å². The minimum atomic E-state index is -1.02. The van der Waals surface area contributed by atoms with Crippen molar-refractivity contribution in [1.29, 1.82) is 5.41 Å². The summed E-state index contributed by atoms with van der Waals surface area (Å²) in [7, 11) is 1.67. The first-order chi connectivity index (χ1) is 17.2. The summed E-state index contributed by atoms with van der Waals surface area (Å²) < 4.78 is 0. The van der Waals surface area contributed by atoms with Crippen molar-refractivity contribution in [2.24, 2.45) is 11.7 Å². The van der Waals surface area contributed by atoms with E-state index < -0.39 is 11.9 Å². The number of amidine groups is 1. The Kier molecular flexibility index (Phi) is 7.49. The predicted octanol–water partition coefficient (Wildman–Crippen LogP) is 3.53. The molecule has 8 nitrogen and oxygen atoms in total. The zero-order valence-corrected chi connectivity index (χ0v) is 20.8. The highest BCUT2D eigenvalue weighted by atomic mass is 32.1. The van der Waals surface area contributed by atoms with Gasteiger partial charge in [-0.2, -0.15) is 0 Å². The fraction of sp³-hybridized carbons (Fsp3) is 0.259. The smallest absolute Gasteiger partial charge is 0.304 e. The van der Waals surface area contributed by atoms with Crippen LogP contribution in [-0.2, 0) is 29.0 Å². The Balaban J connectivity index is 1.58. The quantitative estimate of drug-likeness (QED) is 0.319. The van der Waals surface area contributed by atoms with Gasteiger partial charge in [0.05, 0.1) is 12.3 Å². The molecule has 4 N–H and O–H groups in total. The first-order valence-corrected chi connectivity index (χ1v) is 12.5. The summed E-state index contributed by atoms with van der Waals surface area (Å²) in [5, 5.41) is 19.0. The number of carbonyl (C=O) groups excluding carboxylic acids is 2. The Labute approximate surface area is 213 Å². The molecule has 9 heteroatoms. The van der Waals surface area contributed by atoms with Crippen molar-refractivity contribution in [2.75, 3.05) is 18.5 Å². The van der Waals surface area contributed by atoms with Gasteiger partial charge in [0, 0.05) is 41.8 Å². The van der Waals surface area contributed by atoms with E-state index in [2.05, 4.69) is 0 Å². The van der Waals surface area contributed by atoms with Crippen LogP contribution in [0.5, 0.6) is 0 Å². The average molecular weight is 505 g/mol. The molecule has 4 rings (SSSR count). The van der Waals surface area contributed by atoms with Crippen LogP contribution in [0.1, 0.15) is 38.3 Å². The van der Waals surface area contributed by atoms with Crippen LogP contribution in [0.4, 0.5) is 5.69 Å². The largest absolute Gasteiger partial charge is 0.481 e. The third-order valence-electron chi connectivity index (χ3n) is 6.44. The monoisotopic (exact) mass is 504 g/mol. The molecule has 1 atom stereocenters. The second-order valence-electron chi connectivity index (χ2n) is 8.90. The van der Waals surface area contributed by atoms with Gasteiger partial charge >= 0.3 is 5.97 Å². The zero-order chi connectivity index (χ0) is 25.8. The maximum Gasteiger partial charge on any atom is 0.304 e. The van der Waals surface area contributed by atoms with Crippen molar-refractivity contribution < 1.29 is 19.5 Å². The lowest BCUT2D eigenvalue weighted by Crippen LogP contribution is -2.36. The summed E-state index contributed by atoms with van der Waals surface area (Å²) in [4.78, 5) is 42.5. The number of anilines is 1. The summed E-state index contributed by atoms with van der Waals surface area (Å²) in [6.07, 6.45) is 0.727. The topological polar surface area (TPSA) is 128 Å². The van der Waals surface area contributed by atoms with E-state index in [4.69, 9.17) is 11.1 Å². The number of nitrogens with one attached hydrogen (secondary N) is 1. The van der Waals surface area contributed by atoms with Crippen molar-refractivity contribution in [3.63, 3.8) is 0 Å². The highest BCUT2D eigenvalue weighted by Crippen LogP contribution is 2.28. The summed E-state index contributed by atoms with van der Waals surface area (Å²) >= 11 is 1.63. The molecule has 2 aromatic carbocycles. The lowest BCUT2D eigenvalue weighted by atomic mass is 9.93. The number of hydrogen-bond donors (Lipinski definition) is 3. The van der Waals surface area contributed by atoms with E-state index in [1.54, 1.807) is 59.7 Å². The number of carbonyl (C=O) groups is 3. The maximum absolute atomic E-state index is 13.3. The van der Waals surface area contributed by atoms with Crippen LogP contribution in [-0.4, -0.2) is 47.2 Å². The van der Waals surface area contributed by atoms with Gasteiger partial charge < -0.3 is 20.6 Å². The third kappa shape index (κ3) is 5.63. The number of carboxylic acid groups (broad SMARTS) is 1. The fourth-order valence-corrected chi connectivity index (χ4v) is 5.13. The van der Waals surface area contributed by atoms with Gasteiger partial charge in [0.2, 0.25) is 5.91 Å². The molecule has 3 aromatic rings. The number of carboxylic acids is 1. The molecular weight excluding hydrogens is 476 g/mol. The number of nitrogens with two attached hydrogens (primary N) is 1. The third-order valence-corrected chi connectivity index (χ3v) is 7.38. The maximum atomic E-state index is 13.3. The summed E-state index contributed by atoms with van der Waals surface area (Å²) in [6.45, 7) is 0.890. The van der Waals surface area contributed by atoms with Crippen LogP contribution in [0.15, 0.2) is 60.0 Å². The molecular formula is C27H28N4O4S. The molecule has 2 amide bonds. The average Bonchev–Trinajstić information content (AvgIpc) is 3.35. The summed E-state index contributed by atoms with van der Waals surface area (Å²) in [5.74, 6) is -2.14. The predicted molar refractivity (Wildman–Crippen MR) is 140 cm³/mol. The molecule has 0 fully saturated rings. The molecule has 0 aliphatic carbocycles. The number of nitrogens with zero attached hydrogens (tertiary/aromatic N) is 2. The van der Waals surface area contributed by atoms with Crippen LogP contribution in [0, 0.1) is 11.3 Å². The number of thiophene rings is 1. The van der Waals surface area contributed by atoms with E-state index in [9.17, 15) is 19.5 Å². The summed E-state index contributed by atoms with van der Waals surface area (Å²) in [5.41, 5.74) is 8.94. The summed E-state index contributed by atoms with van der Waals surface area (Å²) in [6, 6.07) is 16.2. The Morgan fingerprint density at radius 2 is 1.86 bits per heavy atom. The molecule has 1 aliphatic rings. The standard InChI is InChI=1S/C27H28N4O4S/c1-30(22-8-6-17(7-9-22)25(28)29)26(34)18-4-5-19-16-31(11-10-23-3-2-12-36-23)27(35)21(15-24(32)33)14-20(19)13-18/h2-9,12-13,21H,10-11,14-16H2,1H3,(H3,28,29)(H,32,33)/t21-/m1/s1. The molecule has 0 spiro atoms. The van der Waals surface area contributed by atoms with Crippen LogP contribution in [0.2, 0.25) is 0 Å². The molecule has 0 unspecified atom stereocenters. The van der Waals surface area contributed by atoms with Crippen LogP contribution in [0.25, 0.3) is 0 Å². The zero-order valence-electron chi connectivity index (χ0n) is 19.9. The minimum absolute atomic E-state index is 0.0452. The SMILES string of the molecule is CN(C(=O)c1ccc2c(c1)C[C@H](CC(=O)O)C(=O)N(CCc1cccs1)C2)c1ccc(C(=N)N)cc1. The molecule has 0 saturated carbocycles. The number of aliphatic carboxylic acids is 1. The lowest BCUT2D eigenvalue weighted by Gasteiger charge is -2.24. The van der Waals surface area contributed by atoms with Gasteiger partial charge in [0.1, 0.15) is 5.84 Å². The molecule has 36 heavy (non-hydrogen) atoms. The van der Waals surface area contributed by atoms with Crippen LogP contribution in [0.3, 0.4) is 0 Å². The second kappa shape index (κ2) is 10.7. The Bertz CT molecular complexity index is 1290. The van der Waals surface area contributed by atoms with Crippen LogP contribution >= 0.6 is 11.3 Å². The van der Waals surface area contributed by atoms with Crippen molar-refractivity contribution in [3.05, 3.63) is 87.1 Å². The van der Waals surface area contributed by atoms with E-state index in [1.807, 2.05) is 23.6 Å². The lowest BCUT2D eigenvalue weighted by molar-refractivity contribution is -0.144. The molecule has 0 bridgehead atoms. The molecule has 1 aliphatic heterocycles.